The van der Waals surface area contributed by atoms with Crippen LogP contribution < -0.4 is 5.73 Å². The molecule has 0 saturated heterocycles. The molecule has 88 valence electrons. The van der Waals surface area contributed by atoms with Gasteiger partial charge >= 0.3 is 0 Å². The summed E-state index contributed by atoms with van der Waals surface area (Å²) < 4.78 is 22.9. The molecule has 2 N–H and O–H groups in total. The van der Waals surface area contributed by atoms with Crippen molar-refractivity contribution in [3.63, 3.8) is 0 Å². The van der Waals surface area contributed by atoms with Crippen LogP contribution in [-0.2, 0) is 15.6 Å². The highest BCUT2D eigenvalue weighted by molar-refractivity contribution is 7.90. The van der Waals surface area contributed by atoms with Crippen molar-refractivity contribution < 1.29 is 13.3 Å². The predicted octanol–water partition coefficient (Wildman–Crippen LogP) is 0.468. The molecule has 0 saturated carbocycles. The molecule has 7 heteroatoms. The van der Waals surface area contributed by atoms with Crippen LogP contribution in [0.2, 0.25) is 0 Å². The minimum Gasteiger partial charge on any atom is -0.329 e. The highest BCUT2D eigenvalue weighted by Crippen LogP contribution is 2.15. The maximum absolute atomic E-state index is 11.4. The van der Waals surface area contributed by atoms with Gasteiger partial charge < -0.3 is 5.73 Å². The third kappa shape index (κ3) is 3.59. The van der Waals surface area contributed by atoms with Crippen LogP contribution in [0.4, 0.5) is 5.69 Å². The van der Waals surface area contributed by atoms with Crippen LogP contribution in [0, 0.1) is 10.1 Å². The number of benzene rings is 1. The average Bonchev–Trinajstić information content (AvgIpc) is 2.17. The molecule has 0 aromatic heterocycles. The van der Waals surface area contributed by atoms with Gasteiger partial charge in [0.05, 0.1) is 16.4 Å². The summed E-state index contributed by atoms with van der Waals surface area (Å²) in [7, 11) is -3.27. The van der Waals surface area contributed by atoms with E-state index >= 15 is 0 Å². The highest BCUT2D eigenvalue weighted by Gasteiger charge is 2.13. The van der Waals surface area contributed by atoms with Gasteiger partial charge in [-0.2, -0.15) is 0 Å². The Hall–Kier alpha value is -1.47. The second-order valence-corrected chi connectivity index (χ2v) is 5.49. The third-order valence-corrected chi connectivity index (χ3v) is 3.57. The summed E-state index contributed by atoms with van der Waals surface area (Å²) >= 11 is 0. The van der Waals surface area contributed by atoms with Crippen molar-refractivity contribution in [1.82, 2.24) is 0 Å². The van der Waals surface area contributed by atoms with E-state index in [9.17, 15) is 18.5 Å². The number of hydrogen-bond donors (Lipinski definition) is 1. The zero-order valence-corrected chi connectivity index (χ0v) is 9.31. The van der Waals surface area contributed by atoms with E-state index < -0.39 is 14.8 Å². The van der Waals surface area contributed by atoms with Crippen LogP contribution in [0.5, 0.6) is 0 Å². The van der Waals surface area contributed by atoms with Crippen LogP contribution in [0.3, 0.4) is 0 Å². The smallest absolute Gasteiger partial charge is 0.269 e. The zero-order valence-electron chi connectivity index (χ0n) is 8.50. The van der Waals surface area contributed by atoms with E-state index in [4.69, 9.17) is 5.73 Å². The first kappa shape index (κ1) is 12.6. The van der Waals surface area contributed by atoms with Gasteiger partial charge in [-0.05, 0) is 5.56 Å². The van der Waals surface area contributed by atoms with Crippen molar-refractivity contribution >= 4 is 15.5 Å². The fourth-order valence-corrected chi connectivity index (χ4v) is 2.46. The predicted molar refractivity (Wildman–Crippen MR) is 59.6 cm³/mol. The van der Waals surface area contributed by atoms with Crippen LogP contribution in [0.1, 0.15) is 5.56 Å². The number of hydrogen-bond acceptors (Lipinski definition) is 5. The van der Waals surface area contributed by atoms with Crippen molar-refractivity contribution in [1.29, 1.82) is 0 Å². The minimum atomic E-state index is -3.27. The second kappa shape index (κ2) is 5.04. The van der Waals surface area contributed by atoms with Gasteiger partial charge in [0.25, 0.3) is 5.69 Å². The van der Waals surface area contributed by atoms with Crippen molar-refractivity contribution in [3.05, 3.63) is 39.9 Å². The fourth-order valence-electron chi connectivity index (χ4n) is 1.27. The van der Waals surface area contributed by atoms with E-state index in [1.165, 1.54) is 18.2 Å². The molecule has 0 spiro atoms. The standard InChI is InChI=1S/C9H12N2O4S/c10-4-5-16(14,15)7-8-2-1-3-9(6-8)11(12)13/h1-3,6H,4-5,7,10H2. The van der Waals surface area contributed by atoms with Gasteiger partial charge in [0, 0.05) is 18.7 Å². The molecule has 0 heterocycles. The maximum atomic E-state index is 11.4. The summed E-state index contributed by atoms with van der Waals surface area (Å²) in [5.41, 5.74) is 5.45. The normalized spacial score (nSPS) is 11.3. The average molecular weight is 244 g/mol. The molecule has 0 aliphatic rings. The number of nitro groups is 1. The molecule has 1 aromatic carbocycles. The lowest BCUT2D eigenvalue weighted by Crippen LogP contribution is -2.17. The molecule has 0 aliphatic heterocycles. The van der Waals surface area contributed by atoms with Gasteiger partial charge in [-0.15, -0.1) is 0 Å². The Bertz CT molecular complexity index is 484. The summed E-state index contributed by atoms with van der Waals surface area (Å²) in [6.07, 6.45) is 0. The number of non-ortho nitro benzene ring substituents is 1. The van der Waals surface area contributed by atoms with Crippen molar-refractivity contribution in [3.8, 4) is 0 Å². The number of rotatable bonds is 5. The van der Waals surface area contributed by atoms with E-state index in [0.717, 1.165) is 0 Å². The van der Waals surface area contributed by atoms with Gasteiger partial charge in [0.1, 0.15) is 0 Å². The molecule has 0 fully saturated rings. The van der Waals surface area contributed by atoms with Crippen LogP contribution >= 0.6 is 0 Å². The molecule has 0 unspecified atom stereocenters. The molecule has 1 aromatic rings. The Balaban J connectivity index is 2.90. The Labute approximate surface area is 93.1 Å². The molecule has 0 radical (unpaired) electrons. The summed E-state index contributed by atoms with van der Waals surface area (Å²) in [6.45, 7) is 0.0528. The molecule has 0 amide bonds. The Kier molecular flexibility index (Phi) is 3.97. The van der Waals surface area contributed by atoms with Gasteiger partial charge in [-0.1, -0.05) is 12.1 Å². The van der Waals surface area contributed by atoms with Crippen molar-refractivity contribution in [2.45, 2.75) is 5.75 Å². The van der Waals surface area contributed by atoms with Crippen molar-refractivity contribution in [2.75, 3.05) is 12.3 Å². The Morgan fingerprint density at radius 2 is 2.06 bits per heavy atom. The zero-order chi connectivity index (χ0) is 12.2. The molecule has 0 bridgehead atoms. The lowest BCUT2D eigenvalue weighted by atomic mass is 10.2. The van der Waals surface area contributed by atoms with Gasteiger partial charge in [0.2, 0.25) is 0 Å². The number of sulfone groups is 1. The highest BCUT2D eigenvalue weighted by atomic mass is 32.2. The molecule has 6 nitrogen and oxygen atoms in total. The Morgan fingerprint density at radius 1 is 1.38 bits per heavy atom. The van der Waals surface area contributed by atoms with E-state index in [1.54, 1.807) is 6.07 Å². The first-order chi connectivity index (χ1) is 7.44. The van der Waals surface area contributed by atoms with Gasteiger partial charge in [-0.3, -0.25) is 10.1 Å². The summed E-state index contributed by atoms with van der Waals surface area (Å²) in [6, 6.07) is 5.58. The van der Waals surface area contributed by atoms with Crippen LogP contribution in [0.25, 0.3) is 0 Å². The number of nitrogens with zero attached hydrogens (tertiary/aromatic N) is 1. The SMILES string of the molecule is NCCS(=O)(=O)Cc1cccc([N+](=O)[O-])c1. The molecule has 16 heavy (non-hydrogen) atoms. The van der Waals surface area contributed by atoms with Crippen molar-refractivity contribution in [2.24, 2.45) is 5.73 Å². The summed E-state index contributed by atoms with van der Waals surface area (Å²) in [5, 5.41) is 10.5. The van der Waals surface area contributed by atoms with E-state index in [-0.39, 0.29) is 23.7 Å². The number of nitro benzene ring substituents is 1. The van der Waals surface area contributed by atoms with E-state index in [0.29, 0.717) is 5.56 Å². The fraction of sp³-hybridized carbons (Fsp3) is 0.333. The molecule has 0 aliphatic carbocycles. The topological polar surface area (TPSA) is 103 Å². The van der Waals surface area contributed by atoms with Gasteiger partial charge in [0.15, 0.2) is 9.84 Å². The monoisotopic (exact) mass is 244 g/mol. The summed E-state index contributed by atoms with van der Waals surface area (Å²) in [5.74, 6) is -0.332. The first-order valence-corrected chi connectivity index (χ1v) is 6.40. The van der Waals surface area contributed by atoms with Crippen LogP contribution in [0.15, 0.2) is 24.3 Å². The Morgan fingerprint density at radius 3 is 2.62 bits per heavy atom. The summed E-state index contributed by atoms with van der Waals surface area (Å²) in [4.78, 5) is 9.92. The largest absolute Gasteiger partial charge is 0.329 e. The van der Waals surface area contributed by atoms with Crippen LogP contribution in [-0.4, -0.2) is 25.6 Å². The third-order valence-electron chi connectivity index (χ3n) is 1.94. The number of nitrogens with two attached hydrogens (primary N) is 1. The molecular weight excluding hydrogens is 232 g/mol. The molecular formula is C9H12N2O4S. The minimum absolute atomic E-state index is 0.0528. The lowest BCUT2D eigenvalue weighted by Gasteiger charge is -2.02. The first-order valence-electron chi connectivity index (χ1n) is 4.58. The van der Waals surface area contributed by atoms with Gasteiger partial charge in [-0.25, -0.2) is 8.42 Å². The molecule has 0 atom stereocenters. The lowest BCUT2D eigenvalue weighted by molar-refractivity contribution is -0.384. The second-order valence-electron chi connectivity index (χ2n) is 3.31. The van der Waals surface area contributed by atoms with E-state index in [2.05, 4.69) is 0 Å². The van der Waals surface area contributed by atoms with E-state index in [1.807, 2.05) is 0 Å². The quantitative estimate of drug-likeness (QED) is 0.599. The maximum Gasteiger partial charge on any atom is 0.269 e. The molecule has 1 rings (SSSR count).